The standard InChI is InChI=1S/C26H40N6O4/c1-5-20(4)17-32(24(33)18-31-15-14-27-30-31)28-25(34)23(16-19(2)3)22(26(35)29-36)13-9-12-21-10-7-6-8-11-21/h6-8,10-11,14-15,19-20,22-23,36H,5,9,12-13,16-18H2,1-4H3,(H,28,34)(H,29,35)/t20-,22-,23+/m0/s1. The number of hydrogen-bond donors (Lipinski definition) is 3. The molecule has 0 bridgehead atoms. The van der Waals surface area contributed by atoms with E-state index in [1.165, 1.54) is 15.9 Å². The smallest absolute Gasteiger partial charge is 0.262 e. The zero-order chi connectivity index (χ0) is 26.5. The lowest BCUT2D eigenvalue weighted by molar-refractivity contribution is -0.148. The first-order valence-corrected chi connectivity index (χ1v) is 12.7. The van der Waals surface area contributed by atoms with Gasteiger partial charge < -0.3 is 0 Å². The van der Waals surface area contributed by atoms with Gasteiger partial charge in [-0.3, -0.25) is 30.0 Å². The van der Waals surface area contributed by atoms with Crippen molar-refractivity contribution in [2.45, 2.75) is 66.3 Å². The van der Waals surface area contributed by atoms with Crippen molar-refractivity contribution in [3.63, 3.8) is 0 Å². The van der Waals surface area contributed by atoms with E-state index in [9.17, 15) is 19.6 Å². The molecule has 3 atom stereocenters. The van der Waals surface area contributed by atoms with Gasteiger partial charge >= 0.3 is 0 Å². The van der Waals surface area contributed by atoms with Crippen LogP contribution in [0.15, 0.2) is 42.7 Å². The molecule has 2 rings (SSSR count). The van der Waals surface area contributed by atoms with Crippen molar-refractivity contribution in [3.8, 4) is 0 Å². The zero-order valence-corrected chi connectivity index (χ0v) is 21.8. The lowest BCUT2D eigenvalue weighted by Gasteiger charge is -2.31. The Labute approximate surface area is 213 Å². The van der Waals surface area contributed by atoms with Crippen LogP contribution in [0.1, 0.15) is 58.9 Å². The first kappa shape index (κ1) is 29.0. The van der Waals surface area contributed by atoms with Crippen molar-refractivity contribution in [1.82, 2.24) is 30.9 Å². The quantitative estimate of drug-likeness (QED) is 0.270. The summed E-state index contributed by atoms with van der Waals surface area (Å²) < 4.78 is 1.40. The summed E-state index contributed by atoms with van der Waals surface area (Å²) in [5.41, 5.74) is 5.68. The summed E-state index contributed by atoms with van der Waals surface area (Å²) in [6, 6.07) is 9.92. The first-order chi connectivity index (χ1) is 17.2. The Bertz CT molecular complexity index is 935. The number of hydroxylamine groups is 1. The number of nitrogens with zero attached hydrogens (tertiary/aromatic N) is 4. The first-order valence-electron chi connectivity index (χ1n) is 12.7. The number of benzene rings is 1. The zero-order valence-electron chi connectivity index (χ0n) is 21.8. The molecule has 36 heavy (non-hydrogen) atoms. The number of amides is 3. The van der Waals surface area contributed by atoms with Crippen molar-refractivity contribution >= 4 is 17.7 Å². The molecule has 10 nitrogen and oxygen atoms in total. The lowest BCUT2D eigenvalue weighted by Crippen LogP contribution is -2.53. The van der Waals surface area contributed by atoms with Crippen LogP contribution in [0.2, 0.25) is 0 Å². The molecule has 0 aliphatic rings. The molecule has 3 amide bonds. The third kappa shape index (κ3) is 9.41. The van der Waals surface area contributed by atoms with E-state index in [0.717, 1.165) is 18.4 Å². The molecular weight excluding hydrogens is 460 g/mol. The van der Waals surface area contributed by atoms with Crippen LogP contribution < -0.4 is 10.9 Å². The van der Waals surface area contributed by atoms with E-state index in [1.54, 1.807) is 11.7 Å². The minimum Gasteiger partial charge on any atom is -0.289 e. The average Bonchev–Trinajstić information content (AvgIpc) is 3.38. The summed E-state index contributed by atoms with van der Waals surface area (Å²) in [4.78, 5) is 39.3. The molecule has 0 radical (unpaired) electrons. The molecule has 2 aromatic rings. The topological polar surface area (TPSA) is 129 Å². The predicted octanol–water partition coefficient (Wildman–Crippen LogP) is 2.99. The van der Waals surface area contributed by atoms with Crippen molar-refractivity contribution in [2.24, 2.45) is 23.7 Å². The summed E-state index contributed by atoms with van der Waals surface area (Å²) in [5.74, 6) is -2.51. The molecule has 0 spiro atoms. The number of hydrazine groups is 1. The van der Waals surface area contributed by atoms with Gasteiger partial charge in [0.2, 0.25) is 11.8 Å². The van der Waals surface area contributed by atoms with Crippen LogP contribution in [0.3, 0.4) is 0 Å². The van der Waals surface area contributed by atoms with E-state index in [0.29, 0.717) is 25.8 Å². The van der Waals surface area contributed by atoms with Gasteiger partial charge in [-0.2, -0.15) is 0 Å². The van der Waals surface area contributed by atoms with E-state index in [-0.39, 0.29) is 24.3 Å². The molecule has 1 aromatic heterocycles. The molecule has 0 aliphatic carbocycles. The maximum atomic E-state index is 13.6. The molecular formula is C26H40N6O4. The molecule has 1 aromatic carbocycles. The second-order valence-electron chi connectivity index (χ2n) is 9.79. The highest BCUT2D eigenvalue weighted by Crippen LogP contribution is 2.26. The molecule has 3 N–H and O–H groups in total. The Balaban J connectivity index is 2.19. The van der Waals surface area contributed by atoms with Crippen molar-refractivity contribution < 1.29 is 19.6 Å². The third-order valence-corrected chi connectivity index (χ3v) is 6.32. The van der Waals surface area contributed by atoms with Gasteiger partial charge in [0.05, 0.1) is 18.0 Å². The largest absolute Gasteiger partial charge is 0.289 e. The number of hydrogen-bond acceptors (Lipinski definition) is 6. The van der Waals surface area contributed by atoms with E-state index >= 15 is 0 Å². The fraction of sp³-hybridized carbons (Fsp3) is 0.577. The summed E-state index contributed by atoms with van der Waals surface area (Å²) >= 11 is 0. The summed E-state index contributed by atoms with van der Waals surface area (Å²) in [6.45, 7) is 8.23. The van der Waals surface area contributed by atoms with Gasteiger partial charge in [0.15, 0.2) is 0 Å². The van der Waals surface area contributed by atoms with Crippen LogP contribution >= 0.6 is 0 Å². The van der Waals surface area contributed by atoms with Crippen molar-refractivity contribution in [1.29, 1.82) is 0 Å². The number of carbonyl (C=O) groups excluding carboxylic acids is 3. The van der Waals surface area contributed by atoms with Crippen LogP contribution in [0.5, 0.6) is 0 Å². The van der Waals surface area contributed by atoms with Crippen LogP contribution in [0.25, 0.3) is 0 Å². The average molecular weight is 501 g/mol. The summed E-state index contributed by atoms with van der Waals surface area (Å²) in [6.07, 6.45) is 6.17. The number of carbonyl (C=O) groups is 3. The molecule has 0 saturated carbocycles. The van der Waals surface area contributed by atoms with E-state index in [2.05, 4.69) is 15.7 Å². The van der Waals surface area contributed by atoms with E-state index < -0.39 is 23.7 Å². The number of nitrogens with one attached hydrogen (secondary N) is 2. The minimum atomic E-state index is -0.739. The van der Waals surface area contributed by atoms with Crippen LogP contribution in [0, 0.1) is 23.7 Å². The highest BCUT2D eigenvalue weighted by Gasteiger charge is 2.35. The Morgan fingerprint density at radius 2 is 1.81 bits per heavy atom. The van der Waals surface area contributed by atoms with E-state index in [1.807, 2.05) is 58.0 Å². The fourth-order valence-electron chi connectivity index (χ4n) is 4.14. The molecule has 0 fully saturated rings. The third-order valence-electron chi connectivity index (χ3n) is 6.32. The van der Waals surface area contributed by atoms with Gasteiger partial charge in [-0.25, -0.2) is 10.2 Å². The Kier molecular flexibility index (Phi) is 12.0. The van der Waals surface area contributed by atoms with Crippen molar-refractivity contribution in [3.05, 3.63) is 48.3 Å². The molecule has 10 heteroatoms. The molecule has 0 aliphatic heterocycles. The molecule has 0 saturated heterocycles. The van der Waals surface area contributed by atoms with Crippen LogP contribution in [-0.2, 0) is 27.3 Å². The van der Waals surface area contributed by atoms with Crippen LogP contribution in [-0.4, -0.2) is 49.5 Å². The lowest BCUT2D eigenvalue weighted by atomic mass is 9.81. The normalized spacial score (nSPS) is 13.6. The number of aromatic nitrogens is 3. The second-order valence-corrected chi connectivity index (χ2v) is 9.79. The second kappa shape index (κ2) is 15.0. The maximum Gasteiger partial charge on any atom is 0.262 e. The Morgan fingerprint density at radius 1 is 1.08 bits per heavy atom. The fourth-order valence-corrected chi connectivity index (χ4v) is 4.14. The van der Waals surface area contributed by atoms with Gasteiger partial charge in [-0.05, 0) is 43.1 Å². The number of aryl methyl sites for hydroxylation is 1. The minimum absolute atomic E-state index is 0.0663. The molecule has 0 unspecified atom stereocenters. The monoisotopic (exact) mass is 500 g/mol. The molecule has 1 heterocycles. The molecule has 198 valence electrons. The number of rotatable bonds is 14. The van der Waals surface area contributed by atoms with Gasteiger partial charge in [0.25, 0.3) is 5.91 Å². The van der Waals surface area contributed by atoms with Crippen molar-refractivity contribution in [2.75, 3.05) is 6.54 Å². The Hall–Kier alpha value is -3.27. The van der Waals surface area contributed by atoms with Crippen LogP contribution in [0.4, 0.5) is 0 Å². The SMILES string of the molecule is CC[C@H](C)CN(NC(=O)[C@H](CC(C)C)[C@H](CCCc1ccccc1)C(=O)NO)C(=O)Cn1ccnn1. The van der Waals surface area contributed by atoms with Gasteiger partial charge in [0.1, 0.15) is 6.54 Å². The predicted molar refractivity (Wildman–Crippen MR) is 135 cm³/mol. The maximum absolute atomic E-state index is 13.6. The highest BCUT2D eigenvalue weighted by molar-refractivity contribution is 5.88. The van der Waals surface area contributed by atoms with Gasteiger partial charge in [0, 0.05) is 12.7 Å². The summed E-state index contributed by atoms with van der Waals surface area (Å²) in [7, 11) is 0. The summed E-state index contributed by atoms with van der Waals surface area (Å²) in [5, 5.41) is 18.3. The Morgan fingerprint density at radius 3 is 2.39 bits per heavy atom. The van der Waals surface area contributed by atoms with E-state index in [4.69, 9.17) is 0 Å². The highest BCUT2D eigenvalue weighted by atomic mass is 16.5. The van der Waals surface area contributed by atoms with Gasteiger partial charge in [-0.1, -0.05) is 69.7 Å². The van der Waals surface area contributed by atoms with Gasteiger partial charge in [-0.15, -0.1) is 5.10 Å².